The van der Waals surface area contributed by atoms with Crippen molar-refractivity contribution in [2.45, 2.75) is 270 Å². The first-order valence-corrected chi connectivity index (χ1v) is 24.2. The lowest BCUT2D eigenvalue weighted by atomic mass is 10.0. The molecule has 0 aromatic carbocycles. The Hall–Kier alpha value is -1.39. The van der Waals surface area contributed by atoms with E-state index in [0.29, 0.717) is 6.42 Å². The predicted molar refractivity (Wildman–Crippen MR) is 239 cm³/mol. The zero-order valence-corrected chi connectivity index (χ0v) is 36.5. The molecule has 0 aliphatic heterocycles. The average molecular weight is 758 g/mol. The number of aliphatic hydroxyl groups excluding tert-OH is 2. The zero-order chi connectivity index (χ0) is 39.3. The maximum Gasteiger partial charge on any atom is 0.220 e. The second-order valence-corrected chi connectivity index (χ2v) is 16.5. The molecule has 0 aliphatic rings. The summed E-state index contributed by atoms with van der Waals surface area (Å²) in [6.07, 6.45) is 61.7. The van der Waals surface area contributed by atoms with Gasteiger partial charge in [-0.2, -0.15) is 0 Å². The highest BCUT2D eigenvalue weighted by atomic mass is 16.3. The highest BCUT2D eigenvalue weighted by molar-refractivity contribution is 5.76. The highest BCUT2D eigenvalue weighted by Crippen LogP contribution is 2.16. The summed E-state index contributed by atoms with van der Waals surface area (Å²) in [6, 6.07) is -0.616. The molecule has 3 N–H and O–H groups in total. The van der Waals surface area contributed by atoms with Crippen LogP contribution < -0.4 is 5.32 Å². The van der Waals surface area contributed by atoms with Gasteiger partial charge >= 0.3 is 0 Å². The maximum atomic E-state index is 12.3. The van der Waals surface area contributed by atoms with Gasteiger partial charge < -0.3 is 15.5 Å². The first kappa shape index (κ1) is 52.6. The van der Waals surface area contributed by atoms with Crippen LogP contribution in [0.4, 0.5) is 0 Å². The van der Waals surface area contributed by atoms with Crippen LogP contribution in [0.3, 0.4) is 0 Å². The number of carbonyl (C=O) groups is 1. The number of aliphatic hydroxyl groups is 2. The Morgan fingerprint density at radius 3 is 1.11 bits per heavy atom. The van der Waals surface area contributed by atoms with Gasteiger partial charge in [0.2, 0.25) is 5.91 Å². The Bertz CT molecular complexity index is 821. The third-order valence-corrected chi connectivity index (χ3v) is 11.1. The fraction of sp³-hybridized carbons (Fsp3) is 0.860. The van der Waals surface area contributed by atoms with Gasteiger partial charge in [0.1, 0.15) is 0 Å². The molecule has 2 unspecified atom stereocenters. The van der Waals surface area contributed by atoms with Crippen molar-refractivity contribution < 1.29 is 15.0 Å². The van der Waals surface area contributed by atoms with Crippen LogP contribution in [-0.4, -0.2) is 34.9 Å². The van der Waals surface area contributed by atoms with Gasteiger partial charge in [0.15, 0.2) is 0 Å². The third kappa shape index (κ3) is 41.8. The van der Waals surface area contributed by atoms with Gasteiger partial charge in [0, 0.05) is 6.42 Å². The van der Waals surface area contributed by atoms with Crippen LogP contribution in [0, 0.1) is 0 Å². The van der Waals surface area contributed by atoms with Gasteiger partial charge in [-0.05, 0) is 51.4 Å². The maximum absolute atomic E-state index is 12.3. The molecule has 0 saturated heterocycles. The molecule has 54 heavy (non-hydrogen) atoms. The third-order valence-electron chi connectivity index (χ3n) is 11.1. The average Bonchev–Trinajstić information content (AvgIpc) is 3.18. The van der Waals surface area contributed by atoms with Crippen molar-refractivity contribution in [1.82, 2.24) is 5.32 Å². The lowest BCUT2D eigenvalue weighted by Gasteiger charge is -2.20. The van der Waals surface area contributed by atoms with E-state index in [1.165, 1.54) is 205 Å². The van der Waals surface area contributed by atoms with Gasteiger partial charge in [0.05, 0.1) is 18.8 Å². The molecule has 0 rings (SSSR count). The van der Waals surface area contributed by atoms with Crippen molar-refractivity contribution in [2.75, 3.05) is 6.61 Å². The Kier molecular flexibility index (Phi) is 44.8. The summed E-state index contributed by atoms with van der Waals surface area (Å²) in [4.78, 5) is 12.3. The molecule has 0 radical (unpaired) electrons. The predicted octanol–water partition coefficient (Wildman–Crippen LogP) is 15.4. The van der Waals surface area contributed by atoms with Gasteiger partial charge in [-0.25, -0.2) is 0 Å². The summed E-state index contributed by atoms with van der Waals surface area (Å²) >= 11 is 0. The van der Waals surface area contributed by atoms with E-state index in [-0.39, 0.29) is 12.5 Å². The molecule has 0 aromatic heterocycles. The van der Waals surface area contributed by atoms with Gasteiger partial charge in [-0.1, -0.05) is 237 Å². The van der Waals surface area contributed by atoms with Crippen LogP contribution in [0.1, 0.15) is 258 Å². The zero-order valence-electron chi connectivity index (χ0n) is 36.5. The number of rotatable bonds is 44. The fourth-order valence-electron chi connectivity index (χ4n) is 7.39. The van der Waals surface area contributed by atoms with Crippen molar-refractivity contribution in [3.8, 4) is 0 Å². The number of carbonyl (C=O) groups excluding carboxylic acids is 1. The summed E-state index contributed by atoms with van der Waals surface area (Å²) in [6.45, 7) is 4.25. The van der Waals surface area contributed by atoms with E-state index >= 15 is 0 Å². The van der Waals surface area contributed by atoms with Gasteiger partial charge in [-0.15, -0.1) is 0 Å². The molecule has 0 aliphatic carbocycles. The lowest BCUT2D eigenvalue weighted by Crippen LogP contribution is -2.45. The molecule has 2 atom stereocenters. The molecule has 318 valence electrons. The van der Waals surface area contributed by atoms with Crippen LogP contribution in [0.5, 0.6) is 0 Å². The number of amides is 1. The number of allylic oxidation sites excluding steroid dienone is 5. The Morgan fingerprint density at radius 2 is 0.759 bits per heavy atom. The van der Waals surface area contributed by atoms with Crippen LogP contribution in [0.25, 0.3) is 0 Å². The lowest BCUT2D eigenvalue weighted by molar-refractivity contribution is -0.123. The van der Waals surface area contributed by atoms with Crippen molar-refractivity contribution in [2.24, 2.45) is 0 Å². The van der Waals surface area contributed by atoms with E-state index in [0.717, 1.165) is 32.1 Å². The Balaban J connectivity index is 3.35. The normalized spacial score (nSPS) is 13.2. The number of unbranched alkanes of at least 4 members (excludes halogenated alkanes) is 33. The van der Waals surface area contributed by atoms with E-state index < -0.39 is 12.1 Å². The first-order valence-electron chi connectivity index (χ1n) is 24.2. The molecule has 4 nitrogen and oxygen atoms in total. The summed E-state index contributed by atoms with van der Waals surface area (Å²) in [7, 11) is 0. The molecule has 0 heterocycles. The van der Waals surface area contributed by atoms with Crippen molar-refractivity contribution in [3.05, 3.63) is 36.5 Å². The minimum absolute atomic E-state index is 0.0653. The second kappa shape index (κ2) is 46.0. The van der Waals surface area contributed by atoms with Crippen LogP contribution in [0.2, 0.25) is 0 Å². The van der Waals surface area contributed by atoms with Gasteiger partial charge in [-0.3, -0.25) is 4.79 Å². The molecule has 1 amide bonds. The minimum atomic E-state index is -0.833. The van der Waals surface area contributed by atoms with Gasteiger partial charge in [0.25, 0.3) is 0 Å². The summed E-state index contributed by atoms with van der Waals surface area (Å²) < 4.78 is 0. The molecule has 0 fully saturated rings. The van der Waals surface area contributed by atoms with Crippen LogP contribution in [-0.2, 0) is 4.79 Å². The molecule has 4 heteroatoms. The largest absolute Gasteiger partial charge is 0.394 e. The summed E-state index contributed by atoms with van der Waals surface area (Å²) in [5.41, 5.74) is 0. The molecule has 0 saturated carbocycles. The quantitative estimate of drug-likeness (QED) is 0.0428. The number of hydrogen-bond acceptors (Lipinski definition) is 3. The molecule has 0 bridgehead atoms. The summed E-state index contributed by atoms with van der Waals surface area (Å²) in [5.74, 6) is -0.0653. The Morgan fingerprint density at radius 1 is 0.444 bits per heavy atom. The van der Waals surface area contributed by atoms with Crippen LogP contribution >= 0.6 is 0 Å². The highest BCUT2D eigenvalue weighted by Gasteiger charge is 2.17. The van der Waals surface area contributed by atoms with Crippen molar-refractivity contribution >= 4 is 5.91 Å². The SMILES string of the molecule is CCCCCCC/C=C\C/C=C\CCCCCCCCCCCCCCCCCCCCCCCCCC(=O)NC(CO)C(O)/C=C/CCCCCCC. The standard InChI is InChI=1S/C50H95NO3/c1-3-5-7-9-11-12-13-14-15-16-17-18-19-20-21-22-23-24-25-26-27-28-29-30-31-32-33-34-35-36-37-38-40-42-44-46-50(54)51-48(47-52)49(53)45-43-41-39-10-8-6-4-2/h13-14,16-17,43,45,48-49,52-53H,3-12,15,18-42,44,46-47H2,1-2H3,(H,51,54)/b14-13-,17-16-,45-43+. The van der Waals surface area contributed by atoms with Crippen molar-refractivity contribution in [3.63, 3.8) is 0 Å². The van der Waals surface area contributed by atoms with E-state index in [1.54, 1.807) is 6.08 Å². The Labute approximate surface area is 338 Å². The molecular weight excluding hydrogens is 663 g/mol. The molecule has 0 spiro atoms. The number of hydrogen-bond donors (Lipinski definition) is 3. The summed E-state index contributed by atoms with van der Waals surface area (Å²) in [5, 5.41) is 22.8. The van der Waals surface area contributed by atoms with E-state index in [2.05, 4.69) is 43.5 Å². The minimum Gasteiger partial charge on any atom is -0.394 e. The topological polar surface area (TPSA) is 69.6 Å². The van der Waals surface area contributed by atoms with Crippen molar-refractivity contribution in [1.29, 1.82) is 0 Å². The monoisotopic (exact) mass is 758 g/mol. The molecule has 0 aromatic rings. The smallest absolute Gasteiger partial charge is 0.220 e. The second-order valence-electron chi connectivity index (χ2n) is 16.5. The molecular formula is C50H95NO3. The van der Waals surface area contributed by atoms with E-state index in [1.807, 2.05) is 6.08 Å². The number of nitrogens with one attached hydrogen (secondary N) is 1. The van der Waals surface area contributed by atoms with E-state index in [9.17, 15) is 15.0 Å². The van der Waals surface area contributed by atoms with Crippen LogP contribution in [0.15, 0.2) is 36.5 Å². The van der Waals surface area contributed by atoms with E-state index in [4.69, 9.17) is 0 Å². The fourth-order valence-corrected chi connectivity index (χ4v) is 7.39. The first-order chi connectivity index (χ1) is 26.7.